The zero-order chi connectivity index (χ0) is 20.3. The lowest BCUT2D eigenvalue weighted by molar-refractivity contribution is -0.387. The summed E-state index contributed by atoms with van der Waals surface area (Å²) in [6.07, 6.45) is 4.20. The first kappa shape index (κ1) is 20.3. The van der Waals surface area contributed by atoms with E-state index < -0.39 is 10.8 Å². The molecule has 1 N–H and O–H groups in total. The Balaban J connectivity index is 1.87. The molecule has 0 saturated carbocycles. The van der Waals surface area contributed by atoms with Crippen LogP contribution in [0.25, 0.3) is 0 Å². The number of rotatable bonds is 6. The lowest BCUT2D eigenvalue weighted by atomic mass is 10.3. The van der Waals surface area contributed by atoms with Gasteiger partial charge in [0.1, 0.15) is 9.09 Å². The number of nitrogens with zero attached hydrogens (tertiary/aromatic N) is 3. The van der Waals surface area contributed by atoms with Gasteiger partial charge in [-0.1, -0.05) is 35.0 Å². The van der Waals surface area contributed by atoms with Crippen LogP contribution < -0.4 is 10.1 Å². The molecule has 0 bridgehead atoms. The topological polar surface area (TPSA) is 107 Å². The Morgan fingerprint density at radius 2 is 2.00 bits per heavy atom. The van der Waals surface area contributed by atoms with E-state index in [1.807, 2.05) is 0 Å². The number of carbonyl (C=O) groups is 1. The van der Waals surface area contributed by atoms with Crippen LogP contribution in [0.1, 0.15) is 9.67 Å². The fraction of sp³-hybridized carbons (Fsp3) is 0.0625. The van der Waals surface area contributed by atoms with E-state index in [0.717, 1.165) is 23.1 Å². The molecule has 0 aliphatic heterocycles. The molecule has 3 heterocycles. The quantitative estimate of drug-likeness (QED) is 0.402. The second-order valence-corrected chi connectivity index (χ2v) is 8.26. The molecular formula is C16H10Cl2N4O4S2. The van der Waals surface area contributed by atoms with Crippen molar-refractivity contribution >= 4 is 63.6 Å². The van der Waals surface area contributed by atoms with E-state index in [4.69, 9.17) is 27.9 Å². The van der Waals surface area contributed by atoms with Gasteiger partial charge in [0.25, 0.3) is 11.6 Å². The minimum Gasteiger partial charge on any atom is -0.481 e. The van der Waals surface area contributed by atoms with Crippen molar-refractivity contribution in [1.29, 1.82) is 0 Å². The lowest BCUT2D eigenvalue weighted by Crippen LogP contribution is -2.10. The van der Waals surface area contributed by atoms with Gasteiger partial charge in [0, 0.05) is 24.5 Å². The Morgan fingerprint density at radius 1 is 1.29 bits per heavy atom. The zero-order valence-electron chi connectivity index (χ0n) is 14.0. The molecule has 12 heteroatoms. The minimum absolute atomic E-state index is 0.159. The van der Waals surface area contributed by atoms with Crippen LogP contribution in [-0.2, 0) is 0 Å². The van der Waals surface area contributed by atoms with Crippen molar-refractivity contribution in [2.45, 2.75) is 9.10 Å². The summed E-state index contributed by atoms with van der Waals surface area (Å²) in [6.45, 7) is 0. The van der Waals surface area contributed by atoms with Crippen molar-refractivity contribution in [2.24, 2.45) is 0 Å². The summed E-state index contributed by atoms with van der Waals surface area (Å²) in [5, 5.41) is 14.6. The number of thiophene rings is 1. The van der Waals surface area contributed by atoms with Gasteiger partial charge in [-0.3, -0.25) is 19.9 Å². The average Bonchev–Trinajstić information content (AvgIpc) is 3.10. The molecule has 0 fully saturated rings. The zero-order valence-corrected chi connectivity index (χ0v) is 17.2. The first-order valence-corrected chi connectivity index (χ1v) is 9.84. The van der Waals surface area contributed by atoms with Gasteiger partial charge >= 0.3 is 0 Å². The Hall–Kier alpha value is -2.40. The second kappa shape index (κ2) is 8.74. The Kier molecular flexibility index (Phi) is 6.35. The first-order valence-electron chi connectivity index (χ1n) is 7.45. The molecule has 0 aromatic carbocycles. The maximum absolute atomic E-state index is 12.5. The number of pyridine rings is 2. The van der Waals surface area contributed by atoms with Gasteiger partial charge in [0.15, 0.2) is 0 Å². The fourth-order valence-corrected chi connectivity index (χ4v) is 4.79. The van der Waals surface area contributed by atoms with E-state index in [9.17, 15) is 14.9 Å². The van der Waals surface area contributed by atoms with E-state index in [1.165, 1.54) is 31.8 Å². The second-order valence-electron chi connectivity index (χ2n) is 5.12. The van der Waals surface area contributed by atoms with E-state index in [0.29, 0.717) is 16.5 Å². The van der Waals surface area contributed by atoms with E-state index in [2.05, 4.69) is 15.3 Å². The van der Waals surface area contributed by atoms with E-state index in [-0.39, 0.29) is 24.8 Å². The summed E-state index contributed by atoms with van der Waals surface area (Å²) in [7, 11) is 1.48. The summed E-state index contributed by atoms with van der Waals surface area (Å²) < 4.78 is 5.23. The van der Waals surface area contributed by atoms with Gasteiger partial charge in [-0.05, 0) is 6.07 Å². The normalized spacial score (nSPS) is 10.5. The molecule has 8 nitrogen and oxygen atoms in total. The smallest absolute Gasteiger partial charge is 0.294 e. The number of amides is 1. The van der Waals surface area contributed by atoms with Crippen molar-refractivity contribution < 1.29 is 14.5 Å². The van der Waals surface area contributed by atoms with Crippen molar-refractivity contribution in [3.05, 3.63) is 61.8 Å². The third-order valence-corrected chi connectivity index (χ3v) is 6.56. The number of hydrogen-bond acceptors (Lipinski definition) is 8. The van der Waals surface area contributed by atoms with Gasteiger partial charge in [-0.25, -0.2) is 4.98 Å². The number of nitrogens with one attached hydrogen (secondary N) is 1. The lowest BCUT2D eigenvalue weighted by Gasteiger charge is -2.04. The number of nitro groups is 1. The molecule has 3 aromatic rings. The van der Waals surface area contributed by atoms with Gasteiger partial charge in [0.2, 0.25) is 5.88 Å². The molecule has 0 aliphatic carbocycles. The van der Waals surface area contributed by atoms with Gasteiger partial charge < -0.3 is 10.1 Å². The highest BCUT2D eigenvalue weighted by atomic mass is 35.5. The van der Waals surface area contributed by atoms with E-state index >= 15 is 0 Å². The number of halogens is 2. The summed E-state index contributed by atoms with van der Waals surface area (Å²) >= 11 is 14.1. The molecule has 0 atom stereocenters. The van der Waals surface area contributed by atoms with Crippen LogP contribution in [0, 0.1) is 10.1 Å². The molecule has 28 heavy (non-hydrogen) atoms. The average molecular weight is 457 g/mol. The summed E-state index contributed by atoms with van der Waals surface area (Å²) in [6, 6.07) is 4.40. The Morgan fingerprint density at radius 3 is 2.57 bits per heavy atom. The molecular weight excluding hydrogens is 447 g/mol. The highest BCUT2D eigenvalue weighted by Gasteiger charge is 2.25. The molecule has 0 spiro atoms. The highest BCUT2D eigenvalue weighted by molar-refractivity contribution is 8.01. The van der Waals surface area contributed by atoms with Gasteiger partial charge in [-0.2, -0.15) is 0 Å². The minimum atomic E-state index is -0.562. The third kappa shape index (κ3) is 4.53. The Labute approximate surface area is 177 Å². The summed E-state index contributed by atoms with van der Waals surface area (Å²) in [5.74, 6) is -0.103. The van der Waals surface area contributed by atoms with Crippen molar-refractivity contribution in [3.8, 4) is 5.88 Å². The molecule has 0 saturated heterocycles. The SMILES string of the molecule is COc1ccc(NC(=O)c2cc([N+](=O)[O-])c(Sc3c(Cl)cncc3Cl)s2)cn1. The van der Waals surface area contributed by atoms with Crippen LogP contribution in [0.5, 0.6) is 5.88 Å². The summed E-state index contributed by atoms with van der Waals surface area (Å²) in [5.41, 5.74) is 0.216. The predicted octanol–water partition coefficient (Wildman–Crippen LogP) is 5.17. The van der Waals surface area contributed by atoms with Crippen molar-refractivity contribution in [3.63, 3.8) is 0 Å². The largest absolute Gasteiger partial charge is 0.481 e. The summed E-state index contributed by atoms with van der Waals surface area (Å²) in [4.78, 5) is 31.8. The van der Waals surface area contributed by atoms with Crippen LogP contribution in [-0.4, -0.2) is 27.9 Å². The predicted molar refractivity (Wildman–Crippen MR) is 108 cm³/mol. The number of carbonyl (C=O) groups excluding carboxylic acids is 1. The van der Waals surface area contributed by atoms with Crippen molar-refractivity contribution in [1.82, 2.24) is 9.97 Å². The van der Waals surface area contributed by atoms with Crippen LogP contribution in [0.4, 0.5) is 11.4 Å². The van der Waals surface area contributed by atoms with Gasteiger partial charge in [-0.15, -0.1) is 11.3 Å². The number of anilines is 1. The fourth-order valence-electron chi connectivity index (χ4n) is 2.03. The van der Waals surface area contributed by atoms with Crippen LogP contribution >= 0.6 is 46.3 Å². The molecule has 144 valence electrons. The number of aromatic nitrogens is 2. The monoisotopic (exact) mass is 456 g/mol. The van der Waals surface area contributed by atoms with Crippen LogP contribution in [0.15, 0.2) is 45.9 Å². The highest BCUT2D eigenvalue weighted by Crippen LogP contribution is 2.45. The Bertz CT molecular complexity index is 1020. The third-order valence-electron chi connectivity index (χ3n) is 3.31. The molecule has 1 amide bonds. The van der Waals surface area contributed by atoms with Crippen LogP contribution in [0.2, 0.25) is 10.0 Å². The maximum atomic E-state index is 12.5. The standard InChI is InChI=1S/C16H10Cl2N4O4S2/c1-26-13-3-2-8(5-20-13)21-15(23)12-4-11(22(24)25)16(27-12)28-14-9(17)6-19-7-10(14)18/h2-7H,1H3,(H,21,23). The number of methoxy groups -OCH3 is 1. The van der Waals surface area contributed by atoms with Crippen LogP contribution in [0.3, 0.4) is 0 Å². The van der Waals surface area contributed by atoms with Gasteiger partial charge in [0.05, 0.1) is 38.9 Å². The first-order chi connectivity index (χ1) is 13.4. The molecule has 0 unspecified atom stereocenters. The molecule has 3 rings (SSSR count). The molecule has 0 aliphatic rings. The number of ether oxygens (including phenoxy) is 1. The maximum Gasteiger partial charge on any atom is 0.294 e. The van der Waals surface area contributed by atoms with Crippen molar-refractivity contribution in [2.75, 3.05) is 12.4 Å². The van der Waals surface area contributed by atoms with E-state index in [1.54, 1.807) is 12.1 Å². The molecule has 0 radical (unpaired) electrons. The molecule has 3 aromatic heterocycles. The number of hydrogen-bond donors (Lipinski definition) is 1.